The first kappa shape index (κ1) is 25.6. The number of ether oxygens (including phenoxy) is 5. The number of furan rings is 1. The van der Waals surface area contributed by atoms with Crippen LogP contribution in [0.3, 0.4) is 0 Å². The lowest BCUT2D eigenvalue weighted by Gasteiger charge is -2.31. The number of carbonyl (C=O) groups is 5. The molecule has 1 amide bonds. The second-order valence-corrected chi connectivity index (χ2v) is 6.20. The molecule has 12 heteroatoms. The Labute approximate surface area is 178 Å². The molecular weight excluding hydrogens is 418 g/mol. The minimum atomic E-state index is -1.39. The van der Waals surface area contributed by atoms with Crippen molar-refractivity contribution in [3.63, 3.8) is 0 Å². The molecule has 12 nitrogen and oxygen atoms in total. The summed E-state index contributed by atoms with van der Waals surface area (Å²) in [5, 5.41) is 2.53. The summed E-state index contributed by atoms with van der Waals surface area (Å²) >= 11 is 0. The normalized spacial score (nSPS) is 13.3. The average Bonchev–Trinajstić information content (AvgIpc) is 3.16. The Kier molecular flexibility index (Phi) is 10.2. The van der Waals surface area contributed by atoms with E-state index in [1.807, 2.05) is 0 Å². The number of hydrogen-bond acceptors (Lipinski definition) is 11. The minimum Gasteiger partial charge on any atom is -0.463 e. The van der Waals surface area contributed by atoms with Crippen LogP contribution in [0, 0.1) is 0 Å². The molecule has 0 unspecified atom stereocenters. The third kappa shape index (κ3) is 8.46. The van der Waals surface area contributed by atoms with Crippen molar-refractivity contribution in [2.75, 3.05) is 27.4 Å². The summed E-state index contributed by atoms with van der Waals surface area (Å²) < 4.78 is 30.2. The van der Waals surface area contributed by atoms with Gasteiger partial charge in [0.15, 0.2) is 12.2 Å². The van der Waals surface area contributed by atoms with E-state index in [0.717, 1.165) is 27.9 Å². The first-order valence-corrected chi connectivity index (χ1v) is 9.03. The second-order valence-electron chi connectivity index (χ2n) is 6.20. The summed E-state index contributed by atoms with van der Waals surface area (Å²) in [6, 6.07) is 1.38. The molecule has 0 aliphatic carbocycles. The van der Waals surface area contributed by atoms with E-state index in [4.69, 9.17) is 23.4 Å². The van der Waals surface area contributed by atoms with Gasteiger partial charge in [-0.25, -0.2) is 4.79 Å². The van der Waals surface area contributed by atoms with Crippen molar-refractivity contribution in [2.24, 2.45) is 0 Å². The maximum atomic E-state index is 12.2. The molecule has 0 fully saturated rings. The highest BCUT2D eigenvalue weighted by Crippen LogP contribution is 2.27. The van der Waals surface area contributed by atoms with Crippen molar-refractivity contribution in [3.8, 4) is 0 Å². The Morgan fingerprint density at radius 3 is 2.13 bits per heavy atom. The van der Waals surface area contributed by atoms with Crippen molar-refractivity contribution >= 4 is 29.8 Å². The number of rotatable bonds is 11. The Bertz CT molecular complexity index is 801. The Hall–Kier alpha value is -3.41. The monoisotopic (exact) mass is 443 g/mol. The van der Waals surface area contributed by atoms with Crippen LogP contribution in [-0.2, 0) is 42.9 Å². The highest BCUT2D eigenvalue weighted by atomic mass is 16.6. The van der Waals surface area contributed by atoms with Gasteiger partial charge in [-0.05, 0) is 12.1 Å². The molecule has 1 heterocycles. The van der Waals surface area contributed by atoms with E-state index in [-0.39, 0.29) is 18.1 Å². The molecule has 1 N–H and O–H groups in total. The van der Waals surface area contributed by atoms with Crippen molar-refractivity contribution in [3.05, 3.63) is 23.7 Å². The summed E-state index contributed by atoms with van der Waals surface area (Å²) in [5.41, 5.74) is 0. The molecule has 3 atom stereocenters. The highest BCUT2D eigenvalue weighted by Gasteiger charge is 2.39. The summed E-state index contributed by atoms with van der Waals surface area (Å²) in [5.74, 6) is -3.83. The molecule has 172 valence electrons. The Balaban J connectivity index is 3.43. The van der Waals surface area contributed by atoms with Gasteiger partial charge in [-0.1, -0.05) is 0 Å². The smallest absolute Gasteiger partial charge is 0.373 e. The van der Waals surface area contributed by atoms with E-state index in [0.29, 0.717) is 0 Å². The van der Waals surface area contributed by atoms with Crippen LogP contribution in [0.4, 0.5) is 0 Å². The largest absolute Gasteiger partial charge is 0.463 e. The fourth-order valence-corrected chi connectivity index (χ4v) is 2.55. The molecule has 0 bridgehead atoms. The molecular formula is C19H25NO11. The minimum absolute atomic E-state index is 0.0175. The molecule has 0 aliphatic rings. The average molecular weight is 443 g/mol. The molecule has 0 saturated heterocycles. The van der Waals surface area contributed by atoms with Crippen LogP contribution in [-0.4, -0.2) is 69.4 Å². The molecule has 0 aliphatic heterocycles. The molecule has 1 aromatic rings. The van der Waals surface area contributed by atoms with Crippen molar-refractivity contribution in [1.29, 1.82) is 0 Å². The number of amides is 1. The van der Waals surface area contributed by atoms with Crippen LogP contribution in [0.5, 0.6) is 0 Å². The lowest BCUT2D eigenvalue weighted by atomic mass is 10.0. The van der Waals surface area contributed by atoms with Gasteiger partial charge in [0.1, 0.15) is 25.0 Å². The zero-order chi connectivity index (χ0) is 23.6. The van der Waals surface area contributed by atoms with E-state index in [1.165, 1.54) is 19.2 Å². The summed E-state index contributed by atoms with van der Waals surface area (Å²) in [6.45, 7) is 2.51. The number of nitrogens with one attached hydrogen (secondary N) is 1. The summed E-state index contributed by atoms with van der Waals surface area (Å²) in [4.78, 5) is 58.6. The van der Waals surface area contributed by atoms with E-state index >= 15 is 0 Å². The van der Waals surface area contributed by atoms with Crippen LogP contribution in [0.25, 0.3) is 0 Å². The SMILES string of the molecule is COCC(=O)N[C@@H](c1ccc(C(=O)OC)o1)[C@H](OC(C)=O)[C@@H](COC(C)=O)OC(C)=O. The molecule has 31 heavy (non-hydrogen) atoms. The first-order chi connectivity index (χ1) is 14.6. The predicted octanol–water partition coefficient (Wildman–Crippen LogP) is 0.296. The molecule has 0 aromatic carbocycles. The van der Waals surface area contributed by atoms with E-state index < -0.39 is 54.6 Å². The van der Waals surface area contributed by atoms with E-state index in [1.54, 1.807) is 0 Å². The molecule has 0 saturated carbocycles. The van der Waals surface area contributed by atoms with Crippen LogP contribution in [0.1, 0.15) is 43.1 Å². The molecule has 0 radical (unpaired) electrons. The molecule has 1 aromatic heterocycles. The van der Waals surface area contributed by atoms with Gasteiger partial charge in [-0.15, -0.1) is 0 Å². The summed E-state index contributed by atoms with van der Waals surface area (Å²) in [6.07, 6.45) is -2.71. The zero-order valence-corrected chi connectivity index (χ0v) is 17.8. The van der Waals surface area contributed by atoms with Crippen molar-refractivity contribution < 1.29 is 52.1 Å². The topological polar surface area (TPSA) is 157 Å². The summed E-state index contributed by atoms with van der Waals surface area (Å²) in [7, 11) is 2.45. The van der Waals surface area contributed by atoms with Gasteiger partial charge < -0.3 is 33.4 Å². The van der Waals surface area contributed by atoms with Gasteiger partial charge in [-0.3, -0.25) is 19.2 Å². The van der Waals surface area contributed by atoms with Gasteiger partial charge in [0.2, 0.25) is 11.7 Å². The number of carbonyl (C=O) groups excluding carboxylic acids is 5. The lowest BCUT2D eigenvalue weighted by molar-refractivity contribution is -0.176. The van der Waals surface area contributed by atoms with Gasteiger partial charge >= 0.3 is 23.9 Å². The van der Waals surface area contributed by atoms with Crippen molar-refractivity contribution in [2.45, 2.75) is 39.0 Å². The fourth-order valence-electron chi connectivity index (χ4n) is 2.55. The van der Waals surface area contributed by atoms with Crippen LogP contribution >= 0.6 is 0 Å². The van der Waals surface area contributed by atoms with Crippen LogP contribution in [0.2, 0.25) is 0 Å². The maximum absolute atomic E-state index is 12.2. The second kappa shape index (κ2) is 12.3. The van der Waals surface area contributed by atoms with Crippen LogP contribution in [0.15, 0.2) is 16.5 Å². The highest BCUT2D eigenvalue weighted by molar-refractivity contribution is 5.86. The van der Waals surface area contributed by atoms with Crippen molar-refractivity contribution in [1.82, 2.24) is 5.32 Å². The third-order valence-corrected chi connectivity index (χ3v) is 3.68. The zero-order valence-electron chi connectivity index (χ0n) is 17.8. The van der Waals surface area contributed by atoms with Gasteiger partial charge in [0, 0.05) is 27.9 Å². The maximum Gasteiger partial charge on any atom is 0.373 e. The van der Waals surface area contributed by atoms with Gasteiger partial charge in [0.25, 0.3) is 0 Å². The Morgan fingerprint density at radius 1 is 0.968 bits per heavy atom. The molecule has 0 spiro atoms. The number of hydrogen-bond donors (Lipinski definition) is 1. The third-order valence-electron chi connectivity index (χ3n) is 3.68. The Morgan fingerprint density at radius 2 is 1.61 bits per heavy atom. The molecule has 1 rings (SSSR count). The quantitative estimate of drug-likeness (QED) is 0.370. The lowest BCUT2D eigenvalue weighted by Crippen LogP contribution is -2.48. The number of esters is 4. The van der Waals surface area contributed by atoms with Gasteiger partial charge in [0.05, 0.1) is 7.11 Å². The first-order valence-electron chi connectivity index (χ1n) is 9.03. The van der Waals surface area contributed by atoms with Crippen LogP contribution < -0.4 is 5.32 Å². The number of methoxy groups -OCH3 is 2. The standard InChI is InChI=1S/C19H25NO11/c1-10(21)28-8-15(29-11(2)22)18(30-12(3)23)17(20-16(24)9-26-4)13-6-7-14(31-13)19(25)27-5/h6-7,15,17-18H,8-9H2,1-5H3,(H,20,24)/t15-,17+,18-/m1/s1. The predicted molar refractivity (Wildman–Crippen MR) is 101 cm³/mol. The van der Waals surface area contributed by atoms with Gasteiger partial charge in [-0.2, -0.15) is 0 Å². The van der Waals surface area contributed by atoms with E-state index in [9.17, 15) is 24.0 Å². The van der Waals surface area contributed by atoms with E-state index in [2.05, 4.69) is 10.1 Å². The fraction of sp³-hybridized carbons (Fsp3) is 0.526.